The lowest BCUT2D eigenvalue weighted by atomic mass is 10.2. The highest BCUT2D eigenvalue weighted by Crippen LogP contribution is 2.22. The normalized spacial score (nSPS) is 10.6. The molecule has 112 valence electrons. The lowest BCUT2D eigenvalue weighted by Crippen LogP contribution is -2.05. The molecule has 1 N–H and O–H groups in total. The Kier molecular flexibility index (Phi) is 3.83. The van der Waals surface area contributed by atoms with Crippen LogP contribution in [0.15, 0.2) is 54.7 Å². The fourth-order valence-corrected chi connectivity index (χ4v) is 2.55. The van der Waals surface area contributed by atoms with Crippen LogP contribution in [0.1, 0.15) is 12.5 Å². The Labute approximate surface area is 129 Å². The number of carbonyl (C=O) groups excluding carboxylic acids is 1. The molecule has 4 heteroatoms. The van der Waals surface area contributed by atoms with Gasteiger partial charge in [-0.25, -0.2) is 0 Å². The SMILES string of the molecule is COc1ccc(Cn2ccc3cc(NC(C)=O)ccc32)cc1. The number of hydrogen-bond acceptors (Lipinski definition) is 2. The van der Waals surface area contributed by atoms with Crippen LogP contribution in [0.5, 0.6) is 5.75 Å². The van der Waals surface area contributed by atoms with E-state index in [1.165, 1.54) is 12.5 Å². The third-order valence-corrected chi connectivity index (χ3v) is 3.60. The Balaban J connectivity index is 1.86. The molecule has 0 saturated heterocycles. The summed E-state index contributed by atoms with van der Waals surface area (Å²) < 4.78 is 7.37. The van der Waals surface area contributed by atoms with E-state index < -0.39 is 0 Å². The summed E-state index contributed by atoms with van der Waals surface area (Å²) in [6, 6.07) is 16.1. The first kappa shape index (κ1) is 14.2. The molecule has 2 aromatic carbocycles. The zero-order valence-electron chi connectivity index (χ0n) is 12.7. The third-order valence-electron chi connectivity index (χ3n) is 3.60. The van der Waals surface area contributed by atoms with Crippen molar-refractivity contribution in [2.75, 3.05) is 12.4 Å². The summed E-state index contributed by atoms with van der Waals surface area (Å²) in [5, 5.41) is 3.92. The van der Waals surface area contributed by atoms with Crippen molar-refractivity contribution in [2.45, 2.75) is 13.5 Å². The van der Waals surface area contributed by atoms with Crippen LogP contribution in [0, 0.1) is 0 Å². The second-order valence-corrected chi connectivity index (χ2v) is 5.25. The Hall–Kier alpha value is -2.75. The van der Waals surface area contributed by atoms with Crippen molar-refractivity contribution in [3.05, 3.63) is 60.3 Å². The average Bonchev–Trinajstić information content (AvgIpc) is 2.90. The highest BCUT2D eigenvalue weighted by Gasteiger charge is 2.04. The van der Waals surface area contributed by atoms with Crippen molar-refractivity contribution in [1.29, 1.82) is 0 Å². The van der Waals surface area contributed by atoms with E-state index in [-0.39, 0.29) is 5.91 Å². The lowest BCUT2D eigenvalue weighted by molar-refractivity contribution is -0.114. The number of benzene rings is 2. The van der Waals surface area contributed by atoms with Gasteiger partial charge in [-0.05, 0) is 42.0 Å². The highest BCUT2D eigenvalue weighted by molar-refractivity contribution is 5.92. The molecular formula is C18H18N2O2. The first-order chi connectivity index (χ1) is 10.7. The molecule has 0 aliphatic rings. The first-order valence-electron chi connectivity index (χ1n) is 7.15. The van der Waals surface area contributed by atoms with Gasteiger partial charge in [-0.2, -0.15) is 0 Å². The van der Waals surface area contributed by atoms with Crippen molar-refractivity contribution < 1.29 is 9.53 Å². The molecule has 0 radical (unpaired) electrons. The van der Waals surface area contributed by atoms with Gasteiger partial charge >= 0.3 is 0 Å². The summed E-state index contributed by atoms with van der Waals surface area (Å²) in [5.74, 6) is 0.804. The van der Waals surface area contributed by atoms with E-state index in [0.29, 0.717) is 0 Å². The Morgan fingerprint density at radius 2 is 1.91 bits per heavy atom. The van der Waals surface area contributed by atoms with Gasteiger partial charge in [0.25, 0.3) is 0 Å². The fourth-order valence-electron chi connectivity index (χ4n) is 2.55. The molecule has 0 unspecified atom stereocenters. The summed E-state index contributed by atoms with van der Waals surface area (Å²) in [6.45, 7) is 2.31. The minimum absolute atomic E-state index is 0.0583. The number of nitrogens with zero attached hydrogens (tertiary/aromatic N) is 1. The third kappa shape index (κ3) is 2.96. The minimum Gasteiger partial charge on any atom is -0.497 e. The van der Waals surface area contributed by atoms with Crippen LogP contribution in [0.3, 0.4) is 0 Å². The Bertz CT molecular complexity index is 804. The molecule has 0 aliphatic heterocycles. The van der Waals surface area contributed by atoms with E-state index in [9.17, 15) is 4.79 Å². The maximum atomic E-state index is 11.1. The van der Waals surface area contributed by atoms with Gasteiger partial charge < -0.3 is 14.6 Å². The second kappa shape index (κ2) is 5.93. The summed E-state index contributed by atoms with van der Waals surface area (Å²) >= 11 is 0. The van der Waals surface area contributed by atoms with E-state index in [0.717, 1.165) is 28.9 Å². The molecule has 4 nitrogen and oxygen atoms in total. The summed E-state index contributed by atoms with van der Waals surface area (Å²) in [6.07, 6.45) is 2.06. The maximum Gasteiger partial charge on any atom is 0.221 e. The minimum atomic E-state index is -0.0583. The largest absolute Gasteiger partial charge is 0.497 e. The topological polar surface area (TPSA) is 43.3 Å². The zero-order valence-corrected chi connectivity index (χ0v) is 12.7. The molecule has 0 bridgehead atoms. The monoisotopic (exact) mass is 294 g/mol. The molecule has 0 spiro atoms. The lowest BCUT2D eigenvalue weighted by Gasteiger charge is -2.08. The molecule has 0 atom stereocenters. The van der Waals surface area contributed by atoms with Crippen molar-refractivity contribution in [1.82, 2.24) is 4.57 Å². The average molecular weight is 294 g/mol. The van der Waals surface area contributed by atoms with E-state index in [1.807, 2.05) is 30.3 Å². The molecule has 0 fully saturated rings. The number of ether oxygens (including phenoxy) is 1. The van der Waals surface area contributed by atoms with Crippen LogP contribution in [-0.2, 0) is 11.3 Å². The van der Waals surface area contributed by atoms with Gasteiger partial charge in [0, 0.05) is 36.3 Å². The van der Waals surface area contributed by atoms with E-state index >= 15 is 0 Å². The van der Waals surface area contributed by atoms with Crippen LogP contribution in [0.2, 0.25) is 0 Å². The second-order valence-electron chi connectivity index (χ2n) is 5.25. The molecule has 1 aromatic heterocycles. The molecule has 3 rings (SSSR count). The quantitative estimate of drug-likeness (QED) is 0.798. The fraction of sp³-hybridized carbons (Fsp3) is 0.167. The van der Waals surface area contributed by atoms with Crippen molar-refractivity contribution in [2.24, 2.45) is 0 Å². The predicted molar refractivity (Wildman–Crippen MR) is 88.3 cm³/mol. The molecule has 1 amide bonds. The van der Waals surface area contributed by atoms with Crippen molar-refractivity contribution in [3.63, 3.8) is 0 Å². The summed E-state index contributed by atoms with van der Waals surface area (Å²) in [7, 11) is 1.67. The first-order valence-corrected chi connectivity index (χ1v) is 7.15. The molecule has 1 heterocycles. The van der Waals surface area contributed by atoms with Gasteiger partial charge in [-0.1, -0.05) is 12.1 Å². The smallest absolute Gasteiger partial charge is 0.221 e. The van der Waals surface area contributed by atoms with Gasteiger partial charge in [0.05, 0.1) is 7.11 Å². The van der Waals surface area contributed by atoms with Gasteiger partial charge in [0.1, 0.15) is 5.75 Å². The number of hydrogen-bond donors (Lipinski definition) is 1. The molecule has 22 heavy (non-hydrogen) atoms. The van der Waals surface area contributed by atoms with Crippen LogP contribution >= 0.6 is 0 Å². The number of nitrogens with one attached hydrogen (secondary N) is 1. The number of carbonyl (C=O) groups is 1. The van der Waals surface area contributed by atoms with Crippen LogP contribution < -0.4 is 10.1 Å². The summed E-state index contributed by atoms with van der Waals surface area (Å²) in [5.41, 5.74) is 3.18. The van der Waals surface area contributed by atoms with Gasteiger partial charge in [0.15, 0.2) is 0 Å². The van der Waals surface area contributed by atoms with E-state index in [4.69, 9.17) is 4.74 Å². The van der Waals surface area contributed by atoms with Crippen molar-refractivity contribution >= 4 is 22.5 Å². The Morgan fingerprint density at radius 1 is 1.14 bits per heavy atom. The number of amides is 1. The van der Waals surface area contributed by atoms with Crippen molar-refractivity contribution in [3.8, 4) is 5.75 Å². The van der Waals surface area contributed by atoms with Crippen LogP contribution in [-0.4, -0.2) is 17.6 Å². The number of fused-ring (bicyclic) bond motifs is 1. The highest BCUT2D eigenvalue weighted by atomic mass is 16.5. The number of rotatable bonds is 4. The van der Waals surface area contributed by atoms with E-state index in [1.54, 1.807) is 7.11 Å². The molecule has 0 aliphatic carbocycles. The predicted octanol–water partition coefficient (Wildman–Crippen LogP) is 3.66. The zero-order chi connectivity index (χ0) is 15.5. The molecular weight excluding hydrogens is 276 g/mol. The van der Waals surface area contributed by atoms with Gasteiger partial charge in [-0.15, -0.1) is 0 Å². The Morgan fingerprint density at radius 3 is 2.59 bits per heavy atom. The molecule has 0 saturated carbocycles. The van der Waals surface area contributed by atoms with Gasteiger partial charge in [-0.3, -0.25) is 4.79 Å². The van der Waals surface area contributed by atoms with E-state index in [2.05, 4.69) is 34.3 Å². The van der Waals surface area contributed by atoms with Crippen LogP contribution in [0.25, 0.3) is 10.9 Å². The maximum absolute atomic E-state index is 11.1. The number of methoxy groups -OCH3 is 1. The van der Waals surface area contributed by atoms with Gasteiger partial charge in [0.2, 0.25) is 5.91 Å². The number of anilines is 1. The summed E-state index contributed by atoms with van der Waals surface area (Å²) in [4.78, 5) is 11.1. The standard InChI is InChI=1S/C18H18N2O2/c1-13(21)19-16-5-8-18-15(11-16)9-10-20(18)12-14-3-6-17(22-2)7-4-14/h3-11H,12H2,1-2H3,(H,19,21). The molecule has 3 aromatic rings. The number of aromatic nitrogens is 1. The van der Waals surface area contributed by atoms with Crippen LogP contribution in [0.4, 0.5) is 5.69 Å².